The zero-order valence-corrected chi connectivity index (χ0v) is 11.6. The summed E-state index contributed by atoms with van der Waals surface area (Å²) < 4.78 is 11.0. The van der Waals surface area contributed by atoms with Crippen LogP contribution in [-0.2, 0) is 14.3 Å². The molecule has 1 aromatic rings. The highest BCUT2D eigenvalue weighted by atomic mass is 16.5. The predicted molar refractivity (Wildman–Crippen MR) is 76.6 cm³/mol. The summed E-state index contributed by atoms with van der Waals surface area (Å²) in [6.07, 6.45) is 1.34. The molecule has 5 nitrogen and oxygen atoms in total. The molecule has 1 saturated heterocycles. The lowest BCUT2D eigenvalue weighted by Crippen LogP contribution is -2.42. The van der Waals surface area contributed by atoms with Crippen LogP contribution in [0.1, 0.15) is 12.5 Å². The number of carbonyl (C=O) groups excluding carboxylic acids is 1. The number of morpholine rings is 1. The van der Waals surface area contributed by atoms with Crippen molar-refractivity contribution in [2.24, 2.45) is 5.73 Å². The summed E-state index contributed by atoms with van der Waals surface area (Å²) >= 11 is 0. The Morgan fingerprint density at radius 3 is 2.60 bits per heavy atom. The van der Waals surface area contributed by atoms with E-state index in [-0.39, 0.29) is 6.23 Å². The maximum absolute atomic E-state index is 11.5. The average Bonchev–Trinajstić information content (AvgIpc) is 2.49. The molecule has 108 valence electrons. The summed E-state index contributed by atoms with van der Waals surface area (Å²) in [4.78, 5) is 13.7. The van der Waals surface area contributed by atoms with Crippen LogP contribution in [0.25, 0.3) is 5.57 Å². The van der Waals surface area contributed by atoms with Crippen molar-refractivity contribution in [3.8, 4) is 0 Å². The first-order chi connectivity index (χ1) is 9.68. The Labute approximate surface area is 119 Å². The van der Waals surface area contributed by atoms with Crippen molar-refractivity contribution in [2.75, 3.05) is 26.3 Å². The van der Waals surface area contributed by atoms with Crippen LogP contribution in [0.5, 0.6) is 0 Å². The van der Waals surface area contributed by atoms with Gasteiger partial charge in [0, 0.05) is 13.1 Å². The maximum atomic E-state index is 11.5. The van der Waals surface area contributed by atoms with Crippen LogP contribution in [-0.4, -0.2) is 43.3 Å². The lowest BCUT2D eigenvalue weighted by Gasteiger charge is -2.31. The second-order valence-electron chi connectivity index (χ2n) is 4.65. The van der Waals surface area contributed by atoms with E-state index in [1.807, 2.05) is 37.3 Å². The van der Waals surface area contributed by atoms with Crippen molar-refractivity contribution < 1.29 is 14.3 Å². The third-order valence-corrected chi connectivity index (χ3v) is 3.29. The molecular formula is C15H20N2O3. The van der Waals surface area contributed by atoms with Crippen LogP contribution in [0.15, 0.2) is 36.6 Å². The Hall–Kier alpha value is -1.85. The fourth-order valence-electron chi connectivity index (χ4n) is 2.08. The first kappa shape index (κ1) is 14.6. The van der Waals surface area contributed by atoms with Crippen molar-refractivity contribution >= 4 is 11.5 Å². The van der Waals surface area contributed by atoms with Gasteiger partial charge in [0.15, 0.2) is 0 Å². The van der Waals surface area contributed by atoms with Gasteiger partial charge in [0.05, 0.1) is 25.0 Å². The van der Waals surface area contributed by atoms with Crippen molar-refractivity contribution in [3.05, 3.63) is 42.2 Å². The lowest BCUT2D eigenvalue weighted by molar-refractivity contribution is -0.113. The second-order valence-corrected chi connectivity index (χ2v) is 4.65. The second kappa shape index (κ2) is 7.07. The van der Waals surface area contributed by atoms with E-state index in [0.29, 0.717) is 18.8 Å². The van der Waals surface area contributed by atoms with Crippen LogP contribution < -0.4 is 5.73 Å². The first-order valence-corrected chi connectivity index (χ1v) is 6.71. The molecule has 1 atom stereocenters. The number of ether oxygens (including phenoxy) is 2. The Morgan fingerprint density at radius 1 is 1.35 bits per heavy atom. The Kier molecular flexibility index (Phi) is 5.15. The molecule has 1 heterocycles. The number of rotatable bonds is 5. The number of nitrogens with zero attached hydrogens (tertiary/aromatic N) is 1. The Morgan fingerprint density at radius 2 is 2.00 bits per heavy atom. The predicted octanol–water partition coefficient (Wildman–Crippen LogP) is 1.21. The molecule has 0 bridgehead atoms. The van der Waals surface area contributed by atoms with E-state index in [0.717, 1.165) is 18.7 Å². The Bertz CT molecular complexity index is 467. The van der Waals surface area contributed by atoms with E-state index in [2.05, 4.69) is 4.90 Å². The fraction of sp³-hybridized carbons (Fsp3) is 0.400. The number of benzene rings is 1. The van der Waals surface area contributed by atoms with Crippen LogP contribution in [0.4, 0.5) is 0 Å². The molecule has 0 saturated carbocycles. The average molecular weight is 276 g/mol. The van der Waals surface area contributed by atoms with E-state index in [9.17, 15) is 4.79 Å². The van der Waals surface area contributed by atoms with Crippen LogP contribution in [0, 0.1) is 0 Å². The van der Waals surface area contributed by atoms with Gasteiger partial charge in [-0.3, -0.25) is 9.69 Å². The van der Waals surface area contributed by atoms with Gasteiger partial charge in [0.1, 0.15) is 6.23 Å². The molecule has 20 heavy (non-hydrogen) atoms. The number of amides is 1. The summed E-state index contributed by atoms with van der Waals surface area (Å²) in [5, 5.41) is 0. The normalized spacial score (nSPS) is 18.6. The van der Waals surface area contributed by atoms with Crippen molar-refractivity contribution in [2.45, 2.75) is 13.2 Å². The summed E-state index contributed by atoms with van der Waals surface area (Å²) in [5.74, 6) is -0.495. The van der Waals surface area contributed by atoms with Gasteiger partial charge < -0.3 is 15.2 Å². The molecule has 0 aromatic heterocycles. The molecule has 2 rings (SSSR count). The largest absolute Gasteiger partial charge is 0.482 e. The minimum absolute atomic E-state index is 0.114. The molecule has 0 radical (unpaired) electrons. The van der Waals surface area contributed by atoms with Gasteiger partial charge in [-0.25, -0.2) is 0 Å². The SMILES string of the molecule is CC(OC=C(C(N)=O)c1ccccc1)N1CCOCC1. The van der Waals surface area contributed by atoms with E-state index in [1.54, 1.807) is 0 Å². The molecule has 5 heteroatoms. The van der Waals surface area contributed by atoms with Gasteiger partial charge in [0.2, 0.25) is 0 Å². The van der Waals surface area contributed by atoms with Crippen molar-refractivity contribution in [1.29, 1.82) is 0 Å². The summed E-state index contributed by atoms with van der Waals surface area (Å²) in [6, 6.07) is 9.27. The maximum Gasteiger partial charge on any atom is 0.252 e. The fourth-order valence-corrected chi connectivity index (χ4v) is 2.08. The number of carbonyl (C=O) groups is 1. The number of hydrogen-bond acceptors (Lipinski definition) is 4. The zero-order chi connectivity index (χ0) is 14.4. The summed E-state index contributed by atoms with van der Waals surface area (Å²) in [6.45, 7) is 5.02. The van der Waals surface area contributed by atoms with Gasteiger partial charge >= 0.3 is 0 Å². The molecule has 2 N–H and O–H groups in total. The van der Waals surface area contributed by atoms with Crippen LogP contribution in [0.3, 0.4) is 0 Å². The van der Waals surface area contributed by atoms with Crippen molar-refractivity contribution in [1.82, 2.24) is 4.90 Å². The third-order valence-electron chi connectivity index (χ3n) is 3.29. The topological polar surface area (TPSA) is 64.8 Å². The van der Waals surface area contributed by atoms with Crippen LogP contribution >= 0.6 is 0 Å². The van der Waals surface area contributed by atoms with E-state index >= 15 is 0 Å². The van der Waals surface area contributed by atoms with Crippen LogP contribution in [0.2, 0.25) is 0 Å². The van der Waals surface area contributed by atoms with Gasteiger partial charge in [-0.2, -0.15) is 0 Å². The Balaban J connectivity index is 2.04. The van der Waals surface area contributed by atoms with Gasteiger partial charge in [0.25, 0.3) is 5.91 Å². The van der Waals surface area contributed by atoms with E-state index in [1.165, 1.54) is 6.26 Å². The molecule has 1 fully saturated rings. The number of primary amides is 1. The van der Waals surface area contributed by atoms with Crippen molar-refractivity contribution in [3.63, 3.8) is 0 Å². The molecule has 0 spiro atoms. The van der Waals surface area contributed by atoms with E-state index < -0.39 is 5.91 Å². The molecule has 1 aliphatic heterocycles. The number of nitrogens with two attached hydrogens (primary N) is 1. The first-order valence-electron chi connectivity index (χ1n) is 6.71. The summed E-state index contributed by atoms with van der Waals surface area (Å²) in [5.41, 5.74) is 6.55. The molecule has 1 aliphatic rings. The monoisotopic (exact) mass is 276 g/mol. The lowest BCUT2D eigenvalue weighted by atomic mass is 10.1. The standard InChI is InChI=1S/C15H20N2O3/c1-12(17-7-9-19-10-8-17)20-11-14(15(16)18)13-5-3-2-4-6-13/h2-6,11-12H,7-10H2,1H3,(H2,16,18). The quantitative estimate of drug-likeness (QED) is 0.648. The van der Waals surface area contributed by atoms with E-state index in [4.69, 9.17) is 15.2 Å². The minimum atomic E-state index is -0.495. The van der Waals surface area contributed by atoms with Gasteiger partial charge in [-0.1, -0.05) is 30.3 Å². The van der Waals surface area contributed by atoms with Gasteiger partial charge in [-0.15, -0.1) is 0 Å². The highest BCUT2D eigenvalue weighted by Gasteiger charge is 2.18. The number of hydrogen-bond donors (Lipinski definition) is 1. The molecule has 1 amide bonds. The van der Waals surface area contributed by atoms with Gasteiger partial charge in [-0.05, 0) is 12.5 Å². The minimum Gasteiger partial charge on any atom is -0.482 e. The molecule has 0 aliphatic carbocycles. The highest BCUT2D eigenvalue weighted by Crippen LogP contribution is 2.15. The third kappa shape index (κ3) is 3.82. The molecular weight excluding hydrogens is 256 g/mol. The molecule has 1 aromatic carbocycles. The smallest absolute Gasteiger partial charge is 0.252 e. The summed E-state index contributed by atoms with van der Waals surface area (Å²) in [7, 11) is 0. The zero-order valence-electron chi connectivity index (χ0n) is 11.6. The molecule has 1 unspecified atom stereocenters. The highest BCUT2D eigenvalue weighted by molar-refractivity contribution is 6.18.